The number of carbonyl (C=O) groups is 6. The molecule has 24 heavy (non-hydrogen) atoms. The summed E-state index contributed by atoms with van der Waals surface area (Å²) in [5, 5.41) is 0. The first-order valence-corrected chi connectivity index (χ1v) is 7.75. The number of unbranched alkanes of at least 4 members (excludes halogenated alkanes) is 1. The highest BCUT2D eigenvalue weighted by Crippen LogP contribution is 2.25. The molecule has 0 spiro atoms. The molecule has 2 unspecified atom stereocenters. The third kappa shape index (κ3) is 4.53. The predicted octanol–water partition coefficient (Wildman–Crippen LogP) is 0.777. The first-order valence-electron chi connectivity index (χ1n) is 7.75. The van der Waals surface area contributed by atoms with Gasteiger partial charge in [0.1, 0.15) is 0 Å². The fraction of sp³-hybridized carbons (Fsp3) is 0.529. The number of ketones is 5. The molecule has 7 heteroatoms. The van der Waals surface area contributed by atoms with Crippen LogP contribution in [0, 0.1) is 11.8 Å². The van der Waals surface area contributed by atoms with Crippen molar-refractivity contribution in [2.45, 2.75) is 39.0 Å². The Morgan fingerprint density at radius 3 is 2.33 bits per heavy atom. The van der Waals surface area contributed by atoms with Crippen LogP contribution >= 0.6 is 0 Å². The van der Waals surface area contributed by atoms with E-state index >= 15 is 0 Å². The van der Waals surface area contributed by atoms with E-state index in [2.05, 4.69) is 4.74 Å². The zero-order valence-electron chi connectivity index (χ0n) is 13.7. The summed E-state index contributed by atoms with van der Waals surface area (Å²) in [4.78, 5) is 69.9. The Balaban J connectivity index is 2.60. The summed E-state index contributed by atoms with van der Waals surface area (Å²) in [6.45, 7) is 1.44. The quantitative estimate of drug-likeness (QED) is 0.201. The molecule has 0 amide bonds. The van der Waals surface area contributed by atoms with Gasteiger partial charge in [-0.3, -0.25) is 28.8 Å². The number of carbonyl (C=O) groups excluding carboxylic acids is 6. The van der Waals surface area contributed by atoms with Crippen molar-refractivity contribution in [1.29, 1.82) is 0 Å². The molecule has 1 fully saturated rings. The van der Waals surface area contributed by atoms with E-state index in [9.17, 15) is 28.8 Å². The summed E-state index contributed by atoms with van der Waals surface area (Å²) in [5.41, 5.74) is 0. The van der Waals surface area contributed by atoms with Gasteiger partial charge in [-0.05, 0) is 19.3 Å². The van der Waals surface area contributed by atoms with Crippen LogP contribution < -0.4 is 0 Å². The van der Waals surface area contributed by atoms with E-state index in [1.165, 1.54) is 14.0 Å². The summed E-state index contributed by atoms with van der Waals surface area (Å²) in [6, 6.07) is 0. The predicted molar refractivity (Wildman–Crippen MR) is 81.9 cm³/mol. The van der Waals surface area contributed by atoms with E-state index in [0.29, 0.717) is 12.8 Å². The first kappa shape index (κ1) is 19.6. The molecule has 1 aliphatic rings. The summed E-state index contributed by atoms with van der Waals surface area (Å²) in [6.07, 6.45) is 4.52. The smallest absolute Gasteiger partial charge is 0.305 e. The highest BCUT2D eigenvalue weighted by atomic mass is 16.5. The lowest BCUT2D eigenvalue weighted by molar-refractivity contribution is -0.145. The molecule has 130 valence electrons. The Morgan fingerprint density at radius 2 is 1.75 bits per heavy atom. The van der Waals surface area contributed by atoms with Gasteiger partial charge in [0.2, 0.25) is 17.3 Å². The van der Waals surface area contributed by atoms with Crippen LogP contribution in [0.4, 0.5) is 0 Å². The van der Waals surface area contributed by atoms with Crippen LogP contribution in [0.2, 0.25) is 0 Å². The second kappa shape index (κ2) is 9.00. The van der Waals surface area contributed by atoms with Crippen LogP contribution in [0.15, 0.2) is 12.2 Å². The number of allylic oxidation sites excluding steroid dienone is 2. The highest BCUT2D eigenvalue weighted by molar-refractivity contribution is 6.61. The minimum atomic E-state index is -1.76. The molecular weight excluding hydrogens is 316 g/mol. The lowest BCUT2D eigenvalue weighted by atomic mass is 9.93. The van der Waals surface area contributed by atoms with Crippen LogP contribution in [0.1, 0.15) is 39.0 Å². The van der Waals surface area contributed by atoms with Crippen LogP contribution in [-0.4, -0.2) is 42.0 Å². The highest BCUT2D eigenvalue weighted by Gasteiger charge is 2.52. The number of esters is 1. The monoisotopic (exact) mass is 336 g/mol. The molecule has 0 N–H and O–H groups in total. The molecule has 1 rings (SSSR count). The molecule has 1 saturated carbocycles. The SMILES string of the molecule is CCC(=O)C(=O)C1C(=O)C(=O)C(C/C=C\CCCC(=O)OC)C1=O. The normalized spacial score (nSPS) is 20.7. The van der Waals surface area contributed by atoms with Gasteiger partial charge in [0, 0.05) is 12.8 Å². The Bertz CT molecular complexity index is 600. The molecule has 0 bridgehead atoms. The topological polar surface area (TPSA) is 112 Å². The van der Waals surface area contributed by atoms with Crippen molar-refractivity contribution in [1.82, 2.24) is 0 Å². The van der Waals surface area contributed by atoms with E-state index in [0.717, 1.165) is 0 Å². The first-order chi connectivity index (χ1) is 11.3. The van der Waals surface area contributed by atoms with Gasteiger partial charge in [-0.25, -0.2) is 0 Å². The van der Waals surface area contributed by atoms with Crippen molar-refractivity contribution < 1.29 is 33.5 Å². The van der Waals surface area contributed by atoms with Gasteiger partial charge >= 0.3 is 5.97 Å². The lowest BCUT2D eigenvalue weighted by Crippen LogP contribution is -2.32. The Labute approximate surface area is 139 Å². The maximum Gasteiger partial charge on any atom is 0.305 e. The van der Waals surface area contributed by atoms with Crippen molar-refractivity contribution in [3.63, 3.8) is 0 Å². The number of rotatable bonds is 9. The van der Waals surface area contributed by atoms with Gasteiger partial charge in [-0.15, -0.1) is 0 Å². The van der Waals surface area contributed by atoms with Gasteiger partial charge in [-0.2, -0.15) is 0 Å². The minimum Gasteiger partial charge on any atom is -0.469 e. The molecule has 0 aliphatic heterocycles. The van der Waals surface area contributed by atoms with E-state index < -0.39 is 40.8 Å². The van der Waals surface area contributed by atoms with E-state index in [-0.39, 0.29) is 25.2 Å². The number of Topliss-reactive ketones (excluding diaryl/α,β-unsaturated/α-hetero) is 5. The maximum atomic E-state index is 12.1. The Kier molecular flexibility index (Phi) is 7.35. The average Bonchev–Trinajstić information content (AvgIpc) is 2.79. The zero-order valence-corrected chi connectivity index (χ0v) is 13.7. The van der Waals surface area contributed by atoms with Gasteiger partial charge < -0.3 is 4.74 Å². The molecule has 2 atom stereocenters. The molecule has 0 aromatic carbocycles. The van der Waals surface area contributed by atoms with Gasteiger partial charge in [-0.1, -0.05) is 19.1 Å². The molecule has 7 nitrogen and oxygen atoms in total. The Hall–Kier alpha value is -2.44. The molecule has 1 aliphatic carbocycles. The van der Waals surface area contributed by atoms with Crippen molar-refractivity contribution in [2.24, 2.45) is 11.8 Å². The second-order valence-corrected chi connectivity index (χ2v) is 5.43. The third-order valence-corrected chi connectivity index (χ3v) is 3.83. The van der Waals surface area contributed by atoms with Crippen LogP contribution in [-0.2, 0) is 33.5 Å². The fourth-order valence-electron chi connectivity index (χ4n) is 2.40. The molecular formula is C17H20O7. The molecule has 0 heterocycles. The van der Waals surface area contributed by atoms with Gasteiger partial charge in [0.25, 0.3) is 0 Å². The van der Waals surface area contributed by atoms with E-state index in [4.69, 9.17) is 0 Å². The average molecular weight is 336 g/mol. The van der Waals surface area contributed by atoms with Crippen LogP contribution in [0.3, 0.4) is 0 Å². The van der Waals surface area contributed by atoms with Crippen molar-refractivity contribution in [2.75, 3.05) is 7.11 Å². The van der Waals surface area contributed by atoms with E-state index in [1.807, 2.05) is 0 Å². The Morgan fingerprint density at radius 1 is 1.08 bits per heavy atom. The minimum absolute atomic E-state index is 0.00568. The summed E-state index contributed by atoms with van der Waals surface area (Å²) >= 11 is 0. The molecule has 0 aromatic rings. The number of methoxy groups -OCH3 is 1. The van der Waals surface area contributed by atoms with Gasteiger partial charge in [0.15, 0.2) is 17.5 Å². The van der Waals surface area contributed by atoms with E-state index in [1.54, 1.807) is 12.2 Å². The van der Waals surface area contributed by atoms with Crippen molar-refractivity contribution >= 4 is 34.9 Å². The molecule has 0 aromatic heterocycles. The summed E-state index contributed by atoms with van der Waals surface area (Å²) in [5.74, 6) is -8.00. The largest absolute Gasteiger partial charge is 0.469 e. The summed E-state index contributed by atoms with van der Waals surface area (Å²) in [7, 11) is 1.30. The van der Waals surface area contributed by atoms with Crippen molar-refractivity contribution in [3.8, 4) is 0 Å². The second-order valence-electron chi connectivity index (χ2n) is 5.43. The van der Waals surface area contributed by atoms with Crippen LogP contribution in [0.25, 0.3) is 0 Å². The fourth-order valence-corrected chi connectivity index (χ4v) is 2.40. The zero-order chi connectivity index (χ0) is 18.3. The number of ether oxygens (including phenoxy) is 1. The lowest BCUT2D eigenvalue weighted by Gasteiger charge is -2.04. The number of hydrogen-bond acceptors (Lipinski definition) is 7. The van der Waals surface area contributed by atoms with Crippen LogP contribution in [0.5, 0.6) is 0 Å². The third-order valence-electron chi connectivity index (χ3n) is 3.83. The number of hydrogen-bond donors (Lipinski definition) is 0. The summed E-state index contributed by atoms with van der Waals surface area (Å²) < 4.78 is 4.49. The van der Waals surface area contributed by atoms with Gasteiger partial charge in [0.05, 0.1) is 13.0 Å². The standard InChI is InChI=1S/C17H20O7/c1-3-11(18)16(22)13-14(20)10(15(21)17(13)23)8-6-4-5-7-9-12(19)24-2/h4,6,10,13H,3,5,7-9H2,1-2H3/b6-4-. The molecule has 0 saturated heterocycles. The molecule has 0 radical (unpaired) electrons. The maximum absolute atomic E-state index is 12.1. The van der Waals surface area contributed by atoms with Crippen molar-refractivity contribution in [3.05, 3.63) is 12.2 Å².